The van der Waals surface area contributed by atoms with Gasteiger partial charge in [0.05, 0.1) is 5.75 Å². The molecule has 0 spiro atoms. The van der Waals surface area contributed by atoms with Crippen molar-refractivity contribution in [1.29, 1.82) is 0 Å². The Kier molecular flexibility index (Phi) is 4.57. The third-order valence-corrected chi connectivity index (χ3v) is 4.39. The lowest BCUT2D eigenvalue weighted by atomic mass is 10.1. The first-order valence-corrected chi connectivity index (χ1v) is 8.23. The lowest BCUT2D eigenvalue weighted by Gasteiger charge is -2.15. The number of carbonyl (C=O) groups excluding carboxylic acids is 2. The lowest BCUT2D eigenvalue weighted by molar-refractivity contribution is -0.116. The van der Waals surface area contributed by atoms with Crippen molar-refractivity contribution >= 4 is 35.0 Å². The van der Waals surface area contributed by atoms with E-state index in [4.69, 9.17) is 0 Å². The first kappa shape index (κ1) is 15.5. The molecule has 0 aliphatic carbocycles. The van der Waals surface area contributed by atoms with Crippen LogP contribution in [-0.4, -0.2) is 34.1 Å². The number of aromatic nitrogens is 2. The summed E-state index contributed by atoms with van der Waals surface area (Å²) in [4.78, 5) is 33.4. The average Bonchev–Trinajstić information content (AvgIpc) is 2.97. The normalized spacial score (nSPS) is 12.8. The maximum Gasteiger partial charge on any atom is 0.234 e. The first-order valence-electron chi connectivity index (χ1n) is 7.24. The fraction of sp³-hybridized carbons (Fsp3) is 0.250. The molecule has 2 aromatic rings. The highest BCUT2D eigenvalue weighted by atomic mass is 32.2. The molecule has 3 rings (SSSR count). The Balaban J connectivity index is 1.60. The number of nitrogens with one attached hydrogen (secondary N) is 1. The van der Waals surface area contributed by atoms with E-state index in [9.17, 15) is 9.59 Å². The summed E-state index contributed by atoms with van der Waals surface area (Å²) in [5, 5.41) is 3.44. The van der Waals surface area contributed by atoms with Gasteiger partial charge in [-0.25, -0.2) is 9.97 Å². The maximum atomic E-state index is 12.0. The predicted molar refractivity (Wildman–Crippen MR) is 89.6 cm³/mol. The highest BCUT2D eigenvalue weighted by Gasteiger charge is 2.22. The zero-order chi connectivity index (χ0) is 16.2. The van der Waals surface area contributed by atoms with Crippen LogP contribution in [0.1, 0.15) is 12.5 Å². The topological polar surface area (TPSA) is 75.2 Å². The molecule has 1 aromatic carbocycles. The second kappa shape index (κ2) is 6.78. The molecule has 118 valence electrons. The van der Waals surface area contributed by atoms with Crippen LogP contribution in [0.5, 0.6) is 0 Å². The molecule has 6 nitrogen and oxygen atoms in total. The predicted octanol–water partition coefficient (Wildman–Crippen LogP) is 2.12. The van der Waals surface area contributed by atoms with E-state index in [0.29, 0.717) is 11.7 Å². The van der Waals surface area contributed by atoms with Gasteiger partial charge in [0.15, 0.2) is 5.16 Å². The van der Waals surface area contributed by atoms with E-state index in [-0.39, 0.29) is 17.6 Å². The molecule has 1 aliphatic rings. The smallest absolute Gasteiger partial charge is 0.234 e. The average molecular weight is 328 g/mol. The van der Waals surface area contributed by atoms with Crippen molar-refractivity contribution in [2.45, 2.75) is 18.5 Å². The summed E-state index contributed by atoms with van der Waals surface area (Å²) in [6, 6.07) is 7.37. The third kappa shape index (κ3) is 3.68. The molecular weight excluding hydrogens is 312 g/mol. The third-order valence-electron chi connectivity index (χ3n) is 3.51. The number of thioether (sulfide) groups is 1. The molecule has 0 atom stereocenters. The van der Waals surface area contributed by atoms with Crippen LogP contribution >= 0.6 is 11.8 Å². The molecule has 1 N–H and O–H groups in total. The van der Waals surface area contributed by atoms with E-state index in [1.54, 1.807) is 30.3 Å². The van der Waals surface area contributed by atoms with Gasteiger partial charge in [-0.2, -0.15) is 0 Å². The van der Waals surface area contributed by atoms with Crippen LogP contribution in [0.15, 0.2) is 41.8 Å². The molecule has 0 saturated heterocycles. The Bertz CT molecular complexity index is 736. The number of rotatable bonds is 4. The van der Waals surface area contributed by atoms with Crippen molar-refractivity contribution in [1.82, 2.24) is 9.97 Å². The zero-order valence-corrected chi connectivity index (χ0v) is 13.5. The number of nitrogens with zero attached hydrogens (tertiary/aromatic N) is 3. The van der Waals surface area contributed by atoms with Gasteiger partial charge in [-0.15, -0.1) is 0 Å². The number of amides is 2. The second-order valence-electron chi connectivity index (χ2n) is 5.13. The minimum atomic E-state index is -0.108. The Morgan fingerprint density at radius 3 is 2.83 bits per heavy atom. The fourth-order valence-corrected chi connectivity index (χ4v) is 3.10. The highest BCUT2D eigenvalue weighted by Crippen LogP contribution is 2.30. The standard InChI is InChI=1S/C16H16N4O2S/c1-11(21)20-8-5-12-9-13(3-4-14(12)20)19-15(22)10-23-16-17-6-2-7-18-16/h2-4,6-7,9H,5,8,10H2,1H3,(H,19,22). The van der Waals surface area contributed by atoms with Crippen molar-refractivity contribution in [3.63, 3.8) is 0 Å². The van der Waals surface area contributed by atoms with E-state index in [2.05, 4.69) is 15.3 Å². The highest BCUT2D eigenvalue weighted by molar-refractivity contribution is 7.99. The molecule has 0 bridgehead atoms. The van der Waals surface area contributed by atoms with Gasteiger partial charge < -0.3 is 10.2 Å². The van der Waals surface area contributed by atoms with Gasteiger partial charge in [0.25, 0.3) is 0 Å². The van der Waals surface area contributed by atoms with Crippen LogP contribution in [0.3, 0.4) is 0 Å². The minimum Gasteiger partial charge on any atom is -0.325 e. The number of hydrogen-bond acceptors (Lipinski definition) is 5. The Morgan fingerprint density at radius 2 is 2.09 bits per heavy atom. The lowest BCUT2D eigenvalue weighted by Crippen LogP contribution is -2.25. The number of hydrogen-bond donors (Lipinski definition) is 1. The molecule has 1 aromatic heterocycles. The SMILES string of the molecule is CC(=O)N1CCc2cc(NC(=O)CSc3ncccn3)ccc21. The Hall–Kier alpha value is -2.41. The van der Waals surface area contributed by atoms with E-state index >= 15 is 0 Å². The fourth-order valence-electron chi connectivity index (χ4n) is 2.49. The molecule has 0 unspecified atom stereocenters. The quantitative estimate of drug-likeness (QED) is 0.687. The van der Waals surface area contributed by atoms with Crippen molar-refractivity contribution in [2.24, 2.45) is 0 Å². The van der Waals surface area contributed by atoms with Gasteiger partial charge in [0.1, 0.15) is 0 Å². The molecule has 23 heavy (non-hydrogen) atoms. The van der Waals surface area contributed by atoms with Crippen LogP contribution in [0.2, 0.25) is 0 Å². The number of fused-ring (bicyclic) bond motifs is 1. The van der Waals surface area contributed by atoms with Gasteiger partial charge in [-0.3, -0.25) is 9.59 Å². The van der Waals surface area contributed by atoms with Crippen LogP contribution in [-0.2, 0) is 16.0 Å². The first-order chi connectivity index (χ1) is 11.1. The summed E-state index contributed by atoms with van der Waals surface area (Å²) >= 11 is 1.29. The monoisotopic (exact) mass is 328 g/mol. The molecule has 2 heterocycles. The van der Waals surface area contributed by atoms with Crippen molar-refractivity contribution < 1.29 is 9.59 Å². The molecular formula is C16H16N4O2S. The van der Waals surface area contributed by atoms with Gasteiger partial charge in [-0.05, 0) is 36.2 Å². The number of carbonyl (C=O) groups is 2. The van der Waals surface area contributed by atoms with Crippen LogP contribution < -0.4 is 10.2 Å². The van der Waals surface area contributed by atoms with Gasteiger partial charge >= 0.3 is 0 Å². The summed E-state index contributed by atoms with van der Waals surface area (Å²) < 4.78 is 0. The van der Waals surface area contributed by atoms with Crippen molar-refractivity contribution in [3.05, 3.63) is 42.2 Å². The second-order valence-corrected chi connectivity index (χ2v) is 6.07. The summed E-state index contributed by atoms with van der Waals surface area (Å²) in [7, 11) is 0. The minimum absolute atomic E-state index is 0.0415. The summed E-state index contributed by atoms with van der Waals surface area (Å²) in [6.45, 7) is 2.26. The van der Waals surface area contributed by atoms with Crippen LogP contribution in [0.25, 0.3) is 0 Å². The molecule has 0 radical (unpaired) electrons. The van der Waals surface area contributed by atoms with Gasteiger partial charge in [0.2, 0.25) is 11.8 Å². The molecule has 0 saturated carbocycles. The van der Waals surface area contributed by atoms with E-state index in [1.807, 2.05) is 18.2 Å². The maximum absolute atomic E-state index is 12.0. The Labute approximate surface area is 138 Å². The van der Waals surface area contributed by atoms with E-state index in [0.717, 1.165) is 23.4 Å². The largest absolute Gasteiger partial charge is 0.325 e. The van der Waals surface area contributed by atoms with Gasteiger partial charge in [0, 0.05) is 37.2 Å². The van der Waals surface area contributed by atoms with Crippen molar-refractivity contribution in [2.75, 3.05) is 22.5 Å². The molecule has 2 amide bonds. The summed E-state index contributed by atoms with van der Waals surface area (Å²) in [5.41, 5.74) is 2.76. The van der Waals surface area contributed by atoms with E-state index < -0.39 is 0 Å². The molecule has 1 aliphatic heterocycles. The van der Waals surface area contributed by atoms with Gasteiger partial charge in [-0.1, -0.05) is 11.8 Å². The summed E-state index contributed by atoms with van der Waals surface area (Å²) in [5.74, 6) is 0.185. The summed E-state index contributed by atoms with van der Waals surface area (Å²) in [6.07, 6.45) is 4.11. The number of benzene rings is 1. The number of anilines is 2. The van der Waals surface area contributed by atoms with E-state index in [1.165, 1.54) is 11.8 Å². The van der Waals surface area contributed by atoms with Crippen LogP contribution in [0, 0.1) is 0 Å². The van der Waals surface area contributed by atoms with Crippen molar-refractivity contribution in [3.8, 4) is 0 Å². The Morgan fingerprint density at radius 1 is 1.30 bits per heavy atom. The van der Waals surface area contributed by atoms with Crippen LogP contribution in [0.4, 0.5) is 11.4 Å². The molecule has 0 fully saturated rings. The zero-order valence-electron chi connectivity index (χ0n) is 12.7. The molecule has 7 heteroatoms.